The molecule has 150 valence electrons. The van der Waals surface area contributed by atoms with Crippen LogP contribution in [-0.4, -0.2) is 47.0 Å². The highest BCUT2D eigenvalue weighted by Gasteiger charge is 2.24. The maximum Gasteiger partial charge on any atom is 0.272 e. The summed E-state index contributed by atoms with van der Waals surface area (Å²) in [5.41, 5.74) is 4.25. The van der Waals surface area contributed by atoms with Crippen molar-refractivity contribution >= 4 is 17.4 Å². The lowest BCUT2D eigenvalue weighted by Crippen LogP contribution is -2.49. The SMILES string of the molecule is Cc1cccc(N2CCN(C(=O)c3cc(NCc4ccco4)ncn3)CC2)c1C. The molecule has 0 aliphatic carbocycles. The summed E-state index contributed by atoms with van der Waals surface area (Å²) in [5, 5.41) is 3.16. The molecular weight excluding hydrogens is 366 g/mol. The van der Waals surface area contributed by atoms with Crippen molar-refractivity contribution in [3.63, 3.8) is 0 Å². The van der Waals surface area contributed by atoms with Crippen LogP contribution in [0.3, 0.4) is 0 Å². The molecule has 3 heterocycles. The third-order valence-corrected chi connectivity index (χ3v) is 5.39. The summed E-state index contributed by atoms with van der Waals surface area (Å²) in [6.07, 6.45) is 3.05. The summed E-state index contributed by atoms with van der Waals surface area (Å²) in [7, 11) is 0. The number of hydrogen-bond acceptors (Lipinski definition) is 6. The largest absolute Gasteiger partial charge is 0.467 e. The van der Waals surface area contributed by atoms with Crippen molar-refractivity contribution in [2.75, 3.05) is 36.4 Å². The minimum atomic E-state index is -0.0611. The van der Waals surface area contributed by atoms with E-state index in [1.807, 2.05) is 17.0 Å². The molecule has 1 N–H and O–H groups in total. The van der Waals surface area contributed by atoms with E-state index in [0.29, 0.717) is 31.1 Å². The van der Waals surface area contributed by atoms with Crippen LogP contribution >= 0.6 is 0 Å². The van der Waals surface area contributed by atoms with Gasteiger partial charge in [-0.2, -0.15) is 0 Å². The predicted molar refractivity (Wildman–Crippen MR) is 112 cm³/mol. The van der Waals surface area contributed by atoms with Gasteiger partial charge in [0.05, 0.1) is 12.8 Å². The molecule has 1 aliphatic heterocycles. The lowest BCUT2D eigenvalue weighted by Gasteiger charge is -2.37. The van der Waals surface area contributed by atoms with E-state index in [-0.39, 0.29) is 5.91 Å². The molecule has 1 aromatic carbocycles. The van der Waals surface area contributed by atoms with Gasteiger partial charge in [-0.3, -0.25) is 4.79 Å². The number of aromatic nitrogens is 2. The third kappa shape index (κ3) is 4.23. The summed E-state index contributed by atoms with van der Waals surface area (Å²) in [6.45, 7) is 7.75. The zero-order chi connectivity index (χ0) is 20.2. The lowest BCUT2D eigenvalue weighted by molar-refractivity contribution is 0.0740. The highest BCUT2D eigenvalue weighted by Crippen LogP contribution is 2.24. The summed E-state index contributed by atoms with van der Waals surface area (Å²) >= 11 is 0. The van der Waals surface area contributed by atoms with Crippen LogP contribution in [0.4, 0.5) is 11.5 Å². The molecule has 0 spiro atoms. The maximum atomic E-state index is 12.9. The number of piperazine rings is 1. The second-order valence-corrected chi connectivity index (χ2v) is 7.22. The van der Waals surface area contributed by atoms with Crippen LogP contribution in [0.15, 0.2) is 53.4 Å². The van der Waals surface area contributed by atoms with Crippen LogP contribution in [0.1, 0.15) is 27.4 Å². The van der Waals surface area contributed by atoms with Crippen molar-refractivity contribution in [3.05, 3.63) is 71.6 Å². The van der Waals surface area contributed by atoms with Gasteiger partial charge in [0.25, 0.3) is 5.91 Å². The van der Waals surface area contributed by atoms with E-state index >= 15 is 0 Å². The molecule has 2 aromatic heterocycles. The molecule has 7 nitrogen and oxygen atoms in total. The smallest absolute Gasteiger partial charge is 0.272 e. The normalized spacial score (nSPS) is 14.1. The summed E-state index contributed by atoms with van der Waals surface area (Å²) < 4.78 is 5.30. The van der Waals surface area contributed by atoms with E-state index in [1.165, 1.54) is 23.1 Å². The van der Waals surface area contributed by atoms with Gasteiger partial charge in [0, 0.05) is 37.9 Å². The number of rotatable bonds is 5. The first-order chi connectivity index (χ1) is 14.1. The van der Waals surface area contributed by atoms with Crippen LogP contribution in [0.2, 0.25) is 0 Å². The topological polar surface area (TPSA) is 74.5 Å². The number of anilines is 2. The van der Waals surface area contributed by atoms with Gasteiger partial charge in [0.1, 0.15) is 23.6 Å². The zero-order valence-electron chi connectivity index (χ0n) is 16.8. The second kappa shape index (κ2) is 8.34. The van der Waals surface area contributed by atoms with Gasteiger partial charge in [-0.15, -0.1) is 0 Å². The Kier molecular flexibility index (Phi) is 5.46. The van der Waals surface area contributed by atoms with Crippen molar-refractivity contribution in [2.45, 2.75) is 20.4 Å². The molecule has 1 saturated heterocycles. The van der Waals surface area contributed by atoms with Gasteiger partial charge in [-0.1, -0.05) is 12.1 Å². The average Bonchev–Trinajstić information content (AvgIpc) is 3.28. The van der Waals surface area contributed by atoms with E-state index in [1.54, 1.807) is 12.3 Å². The van der Waals surface area contributed by atoms with Gasteiger partial charge >= 0.3 is 0 Å². The third-order valence-electron chi connectivity index (χ3n) is 5.39. The molecule has 0 radical (unpaired) electrons. The van der Waals surface area contributed by atoms with Crippen LogP contribution in [-0.2, 0) is 6.54 Å². The lowest BCUT2D eigenvalue weighted by atomic mass is 10.1. The van der Waals surface area contributed by atoms with E-state index in [2.05, 4.69) is 52.2 Å². The maximum absolute atomic E-state index is 12.9. The molecule has 4 rings (SSSR count). The average molecular weight is 391 g/mol. The molecular formula is C22H25N5O2. The minimum absolute atomic E-state index is 0.0611. The molecule has 0 unspecified atom stereocenters. The molecule has 1 fully saturated rings. The molecule has 0 atom stereocenters. The molecule has 0 bridgehead atoms. The fraction of sp³-hybridized carbons (Fsp3) is 0.318. The summed E-state index contributed by atoms with van der Waals surface area (Å²) in [5.74, 6) is 1.35. The molecule has 29 heavy (non-hydrogen) atoms. The first kappa shape index (κ1) is 19.0. The first-order valence-corrected chi connectivity index (χ1v) is 9.80. The molecule has 1 amide bonds. The fourth-order valence-corrected chi connectivity index (χ4v) is 3.55. The number of furan rings is 1. The standard InChI is InChI=1S/C22H25N5O2/c1-16-5-3-7-20(17(16)2)26-8-10-27(11-9-26)22(28)19-13-21(25-15-24-19)23-14-18-6-4-12-29-18/h3-7,12-13,15H,8-11,14H2,1-2H3,(H,23,24,25). The Bertz CT molecular complexity index is 979. The zero-order valence-corrected chi connectivity index (χ0v) is 16.8. The van der Waals surface area contributed by atoms with Crippen molar-refractivity contribution < 1.29 is 9.21 Å². The van der Waals surface area contributed by atoms with Gasteiger partial charge in [-0.05, 0) is 43.2 Å². The molecule has 3 aromatic rings. The fourth-order valence-electron chi connectivity index (χ4n) is 3.55. The number of benzene rings is 1. The number of nitrogens with zero attached hydrogens (tertiary/aromatic N) is 4. The van der Waals surface area contributed by atoms with Gasteiger partial charge in [-0.25, -0.2) is 9.97 Å². The van der Waals surface area contributed by atoms with E-state index in [9.17, 15) is 4.79 Å². The summed E-state index contributed by atoms with van der Waals surface area (Å²) in [4.78, 5) is 25.5. The summed E-state index contributed by atoms with van der Waals surface area (Å²) in [6, 6.07) is 11.8. The number of aryl methyl sites for hydroxylation is 1. The van der Waals surface area contributed by atoms with Crippen molar-refractivity contribution in [2.24, 2.45) is 0 Å². The van der Waals surface area contributed by atoms with Gasteiger partial charge < -0.3 is 19.5 Å². The van der Waals surface area contributed by atoms with Crippen molar-refractivity contribution in [3.8, 4) is 0 Å². The van der Waals surface area contributed by atoms with Gasteiger partial charge in [0.15, 0.2) is 0 Å². The Morgan fingerprint density at radius 2 is 1.93 bits per heavy atom. The Labute approximate surface area is 170 Å². The molecule has 7 heteroatoms. The number of nitrogens with one attached hydrogen (secondary N) is 1. The van der Waals surface area contributed by atoms with E-state index in [0.717, 1.165) is 18.8 Å². The van der Waals surface area contributed by atoms with Crippen molar-refractivity contribution in [1.29, 1.82) is 0 Å². The predicted octanol–water partition coefficient (Wildman–Crippen LogP) is 3.26. The second-order valence-electron chi connectivity index (χ2n) is 7.22. The van der Waals surface area contributed by atoms with Crippen LogP contribution in [0.5, 0.6) is 0 Å². The van der Waals surface area contributed by atoms with Gasteiger partial charge in [0.2, 0.25) is 0 Å². The van der Waals surface area contributed by atoms with Crippen LogP contribution < -0.4 is 10.2 Å². The first-order valence-electron chi connectivity index (χ1n) is 9.80. The number of amides is 1. The molecule has 1 aliphatic rings. The molecule has 0 saturated carbocycles. The Morgan fingerprint density at radius 1 is 1.10 bits per heavy atom. The van der Waals surface area contributed by atoms with Crippen molar-refractivity contribution in [1.82, 2.24) is 14.9 Å². The minimum Gasteiger partial charge on any atom is -0.467 e. The number of carbonyl (C=O) groups is 1. The van der Waals surface area contributed by atoms with E-state index in [4.69, 9.17) is 4.42 Å². The number of carbonyl (C=O) groups excluding carboxylic acids is 1. The number of hydrogen-bond donors (Lipinski definition) is 1. The monoisotopic (exact) mass is 391 g/mol. The van der Waals surface area contributed by atoms with E-state index < -0.39 is 0 Å². The highest BCUT2D eigenvalue weighted by atomic mass is 16.3. The Balaban J connectivity index is 1.38. The Morgan fingerprint density at radius 3 is 2.69 bits per heavy atom. The quantitative estimate of drug-likeness (QED) is 0.720. The highest BCUT2D eigenvalue weighted by molar-refractivity contribution is 5.93. The Hall–Kier alpha value is -3.35. The van der Waals surface area contributed by atoms with Crippen LogP contribution in [0, 0.1) is 13.8 Å². The van der Waals surface area contributed by atoms with Crippen LogP contribution in [0.25, 0.3) is 0 Å².